The van der Waals surface area contributed by atoms with Crippen molar-refractivity contribution in [3.63, 3.8) is 0 Å². The number of para-hydroxylation sites is 1. The topological polar surface area (TPSA) is 77.5 Å². The number of nitrogens with one attached hydrogen (secondary N) is 2. The molecule has 4 aromatic rings. The monoisotopic (exact) mass is 492 g/mol. The molecule has 1 aliphatic rings. The number of nitrogens with zero attached hydrogens (tertiary/aromatic N) is 2. The Bertz CT molecular complexity index is 1290. The zero-order chi connectivity index (χ0) is 23.7. The Labute approximate surface area is 207 Å². The molecule has 34 heavy (non-hydrogen) atoms. The number of rotatable bonds is 7. The molecule has 0 fully saturated rings. The summed E-state index contributed by atoms with van der Waals surface area (Å²) in [6.45, 7) is 6.87. The molecule has 0 unspecified atom stereocenters. The zero-order valence-electron chi connectivity index (χ0n) is 19.3. The van der Waals surface area contributed by atoms with Gasteiger partial charge < -0.3 is 15.7 Å². The predicted octanol–water partition coefficient (Wildman–Crippen LogP) is 5.94. The van der Waals surface area contributed by atoms with Gasteiger partial charge in [-0.15, -0.1) is 22.7 Å². The van der Waals surface area contributed by atoms with E-state index in [9.17, 15) is 9.90 Å². The fraction of sp³-hybridized carbons (Fsp3) is 0.308. The van der Waals surface area contributed by atoms with Gasteiger partial charge >= 0.3 is 0 Å². The number of aromatic nitrogens is 1. The first kappa shape index (κ1) is 22.8. The van der Waals surface area contributed by atoms with Crippen molar-refractivity contribution in [1.82, 2.24) is 9.88 Å². The van der Waals surface area contributed by atoms with E-state index < -0.39 is 0 Å². The molecule has 1 amide bonds. The largest absolute Gasteiger partial charge is 0.508 e. The van der Waals surface area contributed by atoms with Crippen LogP contribution in [-0.4, -0.2) is 40.0 Å². The smallest absolute Gasteiger partial charge is 0.226 e. The van der Waals surface area contributed by atoms with E-state index in [2.05, 4.69) is 35.4 Å². The fourth-order valence-electron chi connectivity index (χ4n) is 4.28. The van der Waals surface area contributed by atoms with Gasteiger partial charge in [-0.05, 0) is 50.1 Å². The summed E-state index contributed by atoms with van der Waals surface area (Å²) in [6.07, 6.45) is 1.29. The second kappa shape index (κ2) is 9.74. The number of benzene rings is 2. The summed E-state index contributed by atoms with van der Waals surface area (Å²) >= 11 is 3.37. The number of amides is 1. The van der Waals surface area contributed by atoms with E-state index in [0.29, 0.717) is 19.0 Å². The molecule has 0 aliphatic carbocycles. The maximum absolute atomic E-state index is 12.9. The molecule has 2 aromatic heterocycles. The Morgan fingerprint density at radius 2 is 2.03 bits per heavy atom. The van der Waals surface area contributed by atoms with Crippen LogP contribution in [0.2, 0.25) is 0 Å². The Kier molecular flexibility index (Phi) is 6.54. The number of fused-ring (bicyclic) bond motifs is 2. The minimum atomic E-state index is -0.0330. The summed E-state index contributed by atoms with van der Waals surface area (Å²) < 4.78 is 1.16. The number of carbonyl (C=O) groups excluding carboxylic acids is 1. The number of hydrogen-bond donors (Lipinski definition) is 3. The van der Waals surface area contributed by atoms with Gasteiger partial charge in [-0.2, -0.15) is 0 Å². The van der Waals surface area contributed by atoms with Crippen molar-refractivity contribution < 1.29 is 9.90 Å². The third-order valence-electron chi connectivity index (χ3n) is 6.10. The molecule has 176 valence electrons. The lowest BCUT2D eigenvalue weighted by atomic mass is 10.0. The van der Waals surface area contributed by atoms with E-state index >= 15 is 0 Å². The van der Waals surface area contributed by atoms with Crippen LogP contribution < -0.4 is 10.6 Å². The van der Waals surface area contributed by atoms with Crippen molar-refractivity contribution in [2.24, 2.45) is 0 Å². The lowest BCUT2D eigenvalue weighted by Crippen LogP contribution is -2.35. The van der Waals surface area contributed by atoms with E-state index in [1.165, 1.54) is 10.4 Å². The summed E-state index contributed by atoms with van der Waals surface area (Å²) in [4.78, 5) is 21.6. The SMILES string of the molecule is CC(C)N1CCc2c(sc(NC(=O)CCNc3cccc(O)c3)c2-c2nc3ccccc3s2)C1. The van der Waals surface area contributed by atoms with Gasteiger partial charge in [-0.1, -0.05) is 18.2 Å². The number of phenolic OH excluding ortho intramolecular Hbond substituents is 1. The van der Waals surface area contributed by atoms with Crippen LogP contribution in [-0.2, 0) is 17.8 Å². The highest BCUT2D eigenvalue weighted by Gasteiger charge is 2.28. The van der Waals surface area contributed by atoms with Crippen LogP contribution in [0.5, 0.6) is 5.75 Å². The van der Waals surface area contributed by atoms with Gasteiger partial charge in [0.05, 0.1) is 10.2 Å². The molecule has 6 nitrogen and oxygen atoms in total. The molecule has 5 rings (SSSR count). The molecule has 0 saturated heterocycles. The first-order valence-electron chi connectivity index (χ1n) is 11.5. The second-order valence-electron chi connectivity index (χ2n) is 8.78. The maximum Gasteiger partial charge on any atom is 0.226 e. The van der Waals surface area contributed by atoms with Gasteiger partial charge in [-0.3, -0.25) is 9.69 Å². The highest BCUT2D eigenvalue weighted by atomic mass is 32.1. The normalized spacial score (nSPS) is 13.9. The van der Waals surface area contributed by atoms with Crippen LogP contribution in [0.3, 0.4) is 0 Å². The van der Waals surface area contributed by atoms with Gasteiger partial charge in [0.2, 0.25) is 5.91 Å². The van der Waals surface area contributed by atoms with Crippen molar-refractivity contribution in [1.29, 1.82) is 0 Å². The summed E-state index contributed by atoms with van der Waals surface area (Å²) in [7, 11) is 0. The van der Waals surface area contributed by atoms with E-state index in [-0.39, 0.29) is 11.7 Å². The van der Waals surface area contributed by atoms with Crippen molar-refractivity contribution in [3.05, 3.63) is 59.0 Å². The quantitative estimate of drug-likeness (QED) is 0.298. The van der Waals surface area contributed by atoms with E-state index in [4.69, 9.17) is 4.98 Å². The minimum absolute atomic E-state index is 0.0330. The first-order chi connectivity index (χ1) is 16.5. The highest BCUT2D eigenvalue weighted by molar-refractivity contribution is 7.22. The molecule has 3 heterocycles. The van der Waals surface area contributed by atoms with Crippen LogP contribution >= 0.6 is 22.7 Å². The molecule has 3 N–H and O–H groups in total. The summed E-state index contributed by atoms with van der Waals surface area (Å²) in [5.74, 6) is 0.170. The fourth-order valence-corrected chi connectivity index (χ4v) is 6.68. The molecule has 0 bridgehead atoms. The molecule has 0 spiro atoms. The van der Waals surface area contributed by atoms with Gasteiger partial charge in [0.15, 0.2) is 0 Å². The standard InChI is InChI=1S/C26H28N4O2S2/c1-16(2)30-13-11-19-22(15-30)34-26(24(19)25-28-20-8-3-4-9-21(20)33-25)29-23(32)10-12-27-17-6-5-7-18(31)14-17/h3-9,14,16,27,31H,10-13,15H2,1-2H3,(H,29,32). The molecular weight excluding hydrogens is 464 g/mol. The average Bonchev–Trinajstić information content (AvgIpc) is 3.39. The Morgan fingerprint density at radius 1 is 1.18 bits per heavy atom. The molecule has 1 aliphatic heterocycles. The minimum Gasteiger partial charge on any atom is -0.508 e. The van der Waals surface area contributed by atoms with Crippen LogP contribution in [0.15, 0.2) is 48.5 Å². The van der Waals surface area contributed by atoms with Gasteiger partial charge in [-0.25, -0.2) is 4.98 Å². The van der Waals surface area contributed by atoms with Crippen molar-refractivity contribution in [2.75, 3.05) is 23.7 Å². The molecule has 0 saturated carbocycles. The number of thiophene rings is 1. The highest BCUT2D eigenvalue weighted by Crippen LogP contribution is 2.45. The van der Waals surface area contributed by atoms with Crippen LogP contribution in [0.4, 0.5) is 10.7 Å². The molecule has 2 aromatic carbocycles. The number of thiazole rings is 1. The maximum atomic E-state index is 12.9. The molecular formula is C26H28N4O2S2. The van der Waals surface area contributed by atoms with E-state index in [1.807, 2.05) is 24.3 Å². The average molecular weight is 493 g/mol. The Hall–Kier alpha value is -2.94. The Morgan fingerprint density at radius 3 is 2.82 bits per heavy atom. The van der Waals surface area contributed by atoms with Gasteiger partial charge in [0, 0.05) is 54.3 Å². The molecule has 0 atom stereocenters. The third kappa shape index (κ3) is 4.80. The van der Waals surface area contributed by atoms with Crippen LogP contribution in [0, 0.1) is 0 Å². The zero-order valence-corrected chi connectivity index (χ0v) is 20.9. The lowest BCUT2D eigenvalue weighted by molar-refractivity contribution is -0.115. The third-order valence-corrected chi connectivity index (χ3v) is 8.29. The Balaban J connectivity index is 1.39. The lowest BCUT2D eigenvalue weighted by Gasteiger charge is -2.30. The van der Waals surface area contributed by atoms with Gasteiger partial charge in [0.1, 0.15) is 15.8 Å². The van der Waals surface area contributed by atoms with Crippen LogP contribution in [0.1, 0.15) is 30.7 Å². The second-order valence-corrected chi connectivity index (χ2v) is 10.9. The molecule has 8 heteroatoms. The predicted molar refractivity (Wildman–Crippen MR) is 142 cm³/mol. The summed E-state index contributed by atoms with van der Waals surface area (Å²) in [5, 5.41) is 17.9. The first-order valence-corrected chi connectivity index (χ1v) is 13.2. The van der Waals surface area contributed by atoms with Gasteiger partial charge in [0.25, 0.3) is 0 Å². The number of aromatic hydroxyl groups is 1. The summed E-state index contributed by atoms with van der Waals surface area (Å²) in [5.41, 5.74) is 4.21. The van der Waals surface area contributed by atoms with Crippen molar-refractivity contribution in [2.45, 2.75) is 39.3 Å². The van der Waals surface area contributed by atoms with E-state index in [0.717, 1.165) is 51.0 Å². The number of anilines is 2. The number of carbonyl (C=O) groups is 1. The molecule has 0 radical (unpaired) electrons. The summed E-state index contributed by atoms with van der Waals surface area (Å²) in [6, 6.07) is 15.6. The van der Waals surface area contributed by atoms with Crippen molar-refractivity contribution >= 4 is 49.5 Å². The number of phenols is 1. The van der Waals surface area contributed by atoms with Crippen LogP contribution in [0.25, 0.3) is 20.8 Å². The number of hydrogen-bond acceptors (Lipinski definition) is 7. The van der Waals surface area contributed by atoms with Crippen molar-refractivity contribution in [3.8, 4) is 16.3 Å². The van der Waals surface area contributed by atoms with E-state index in [1.54, 1.807) is 40.9 Å².